The van der Waals surface area contributed by atoms with Crippen LogP contribution in [0.2, 0.25) is 0 Å². The summed E-state index contributed by atoms with van der Waals surface area (Å²) >= 11 is 36.0. The molecular weight excluding hydrogens is 1570 g/mol. The Kier molecular flexibility index (Phi) is 41.8. The van der Waals surface area contributed by atoms with Gasteiger partial charge in [0.25, 0.3) is 0 Å². The van der Waals surface area contributed by atoms with E-state index in [2.05, 4.69) is 216 Å². The molecule has 7 aromatic carbocycles. The molecule has 1 saturated heterocycles. The number of imidazole rings is 1. The van der Waals surface area contributed by atoms with Crippen LogP contribution in [0.4, 0.5) is 51.2 Å². The number of anilines is 2. The summed E-state index contributed by atoms with van der Waals surface area (Å²) in [6.45, 7) is 8.55. The van der Waals surface area contributed by atoms with Crippen LogP contribution in [0.1, 0.15) is 37.8 Å². The van der Waals surface area contributed by atoms with Gasteiger partial charge in [0.05, 0.1) is 126 Å². The molecular formula is C81H70N16O7S8. The van der Waals surface area contributed by atoms with E-state index in [1.54, 1.807) is 66.6 Å². The lowest BCUT2D eigenvalue weighted by Gasteiger charge is -2.28. The lowest BCUT2D eigenvalue weighted by atomic mass is 10.1. The number of rotatable bonds is 19. The average molecular weight is 1640 g/mol. The summed E-state index contributed by atoms with van der Waals surface area (Å²) in [5.41, 5.74) is 13.9. The fourth-order valence-electron chi connectivity index (χ4n) is 9.63. The number of isothiocyanates is 8. The quantitative estimate of drug-likeness (QED) is 0.0240. The van der Waals surface area contributed by atoms with E-state index in [-0.39, 0.29) is 17.8 Å². The zero-order chi connectivity index (χ0) is 80.2. The number of aromatic nitrogens is 6. The van der Waals surface area contributed by atoms with Crippen LogP contribution in [0.3, 0.4) is 0 Å². The lowest BCUT2D eigenvalue weighted by molar-refractivity contribution is -0.140. The number of carbonyl (C=O) groups excluding carboxylic acids is 3. The molecule has 0 spiro atoms. The van der Waals surface area contributed by atoms with Crippen LogP contribution in [0.15, 0.2) is 289 Å². The molecule has 13 rings (SSSR count). The topological polar surface area (TPSA) is 251 Å². The fraction of sp³-hybridized carbons (Fsp3) is 0.160. The monoisotopic (exact) mass is 1630 g/mol. The summed E-state index contributed by atoms with van der Waals surface area (Å²) in [5, 5.41) is 22.6. The number of fused-ring (bicyclic) bond motifs is 1. The van der Waals surface area contributed by atoms with Crippen molar-refractivity contribution in [3.05, 3.63) is 255 Å². The number of oxazole rings is 1. The molecule has 0 aliphatic carbocycles. The van der Waals surface area contributed by atoms with E-state index in [9.17, 15) is 14.4 Å². The number of hydrogen-bond acceptors (Lipinski definition) is 27. The number of thiocarbonyl (C=S) groups is 8. The number of methoxy groups -OCH3 is 1. The first kappa shape index (κ1) is 88.7. The van der Waals surface area contributed by atoms with Gasteiger partial charge >= 0.3 is 11.9 Å². The zero-order valence-electron chi connectivity index (χ0n) is 60.5. The predicted molar refractivity (Wildman–Crippen MR) is 469 cm³/mol. The molecule has 2 aliphatic rings. The number of hydrogen-bond donors (Lipinski definition) is 0. The van der Waals surface area contributed by atoms with Crippen molar-refractivity contribution in [3.8, 4) is 28.4 Å². The molecule has 31 heteroatoms. The molecule has 0 N–H and O–H groups in total. The third kappa shape index (κ3) is 32.9. The van der Waals surface area contributed by atoms with Crippen molar-refractivity contribution in [2.75, 3.05) is 62.9 Å². The number of ether oxygens (including phenoxy) is 3. The Morgan fingerprint density at radius 1 is 0.536 bits per heavy atom. The number of carbonyl (C=O) groups is 3. The van der Waals surface area contributed by atoms with Crippen LogP contribution < -0.4 is 9.80 Å². The van der Waals surface area contributed by atoms with Crippen molar-refractivity contribution < 1.29 is 33.0 Å². The van der Waals surface area contributed by atoms with Crippen molar-refractivity contribution in [2.24, 2.45) is 39.9 Å². The molecule has 23 nitrogen and oxygen atoms in total. The summed E-state index contributed by atoms with van der Waals surface area (Å²) in [5.74, 6) is 0.253. The van der Waals surface area contributed by atoms with Crippen molar-refractivity contribution in [1.29, 1.82) is 0 Å². The largest absolute Gasteiger partial charge is 0.469 e. The molecule has 0 atom stereocenters. The van der Waals surface area contributed by atoms with Crippen molar-refractivity contribution in [2.45, 2.75) is 33.1 Å². The second-order valence-electron chi connectivity index (χ2n) is 22.1. The predicted octanol–water partition coefficient (Wildman–Crippen LogP) is 20.1. The van der Waals surface area contributed by atoms with Gasteiger partial charge in [0, 0.05) is 111 Å². The Morgan fingerprint density at radius 3 is 1.48 bits per heavy atom. The maximum atomic E-state index is 11.3. The van der Waals surface area contributed by atoms with Gasteiger partial charge in [-0.2, -0.15) is 40.0 Å². The van der Waals surface area contributed by atoms with E-state index in [0.29, 0.717) is 26.0 Å². The normalized spacial score (nSPS) is 10.7. The summed E-state index contributed by atoms with van der Waals surface area (Å²) in [6.07, 6.45) is 21.1. The molecule has 6 heterocycles. The van der Waals surface area contributed by atoms with Crippen LogP contribution >= 0.6 is 97.7 Å². The molecule has 11 aromatic rings. The number of esters is 2. The molecule has 0 bridgehead atoms. The van der Waals surface area contributed by atoms with Gasteiger partial charge in [0.2, 0.25) is 5.91 Å². The third-order valence-electron chi connectivity index (χ3n) is 14.9. The van der Waals surface area contributed by atoms with Gasteiger partial charge in [-0.1, -0.05) is 18.2 Å². The molecule has 112 heavy (non-hydrogen) atoms. The smallest absolute Gasteiger partial charge is 0.330 e. The minimum absolute atomic E-state index is 0.0669. The molecule has 4 aromatic heterocycles. The molecule has 564 valence electrons. The molecule has 0 saturated carbocycles. The van der Waals surface area contributed by atoms with Gasteiger partial charge in [0.1, 0.15) is 0 Å². The highest BCUT2D eigenvalue weighted by atomic mass is 32.1. The Hall–Kier alpha value is -12.2. The standard InChI is InChI=1S/C12H11NO2S.C11H10N2OS.C11H12N2OS.C11H8N2S.2C10H7N3S.C10H6N2OS.C6H9NO2S/c1-2-15-12(14)8-5-10-3-6-11(7-4-10)13-9-16;1-8(14)13-5-4-9-2-3-10(12-7-15)6-11(9)13;15-9-12-10-1-3-11(4-2-10)13-5-7-14-8-6-13;14-9-12-10-3-5-11(6-4-10)13-7-1-2-8-13;14-8-11-9-2-4-10(5-3-9)13-7-1-6-12-13;14-8-12-9-1-3-10(4-2-9)13-6-5-11-7-13;14-7-12-9-3-1-8(2-4-9)10-5-11-6-13-10;1-9-6(8)3-2-4-7-5-10/h3-8H,2H2,1H3;2-3,6H,4-5H2,1H3;1-4H,5-8H2;1-8H;2*1-7H;1-6H;2-4H2,1H3/b8-5+;;;;;;;. The minimum Gasteiger partial charge on any atom is -0.469 e. The summed E-state index contributed by atoms with van der Waals surface area (Å²) in [4.78, 5) is 75.4. The van der Waals surface area contributed by atoms with E-state index in [4.69, 9.17) is 13.9 Å². The summed E-state index contributed by atoms with van der Waals surface area (Å²) in [6, 6.07) is 57.4. The van der Waals surface area contributed by atoms with Crippen LogP contribution in [0, 0.1) is 0 Å². The third-order valence-corrected chi connectivity index (χ3v) is 15.7. The van der Waals surface area contributed by atoms with Gasteiger partial charge in [-0.25, -0.2) is 24.4 Å². The Labute approximate surface area is 690 Å². The van der Waals surface area contributed by atoms with Gasteiger partial charge in [-0.05, 0) is 299 Å². The first-order valence-corrected chi connectivity index (χ1v) is 36.9. The molecule has 0 radical (unpaired) electrons. The second-order valence-corrected chi connectivity index (χ2v) is 23.5. The Morgan fingerprint density at radius 2 is 1.03 bits per heavy atom. The summed E-state index contributed by atoms with van der Waals surface area (Å²) < 4.78 is 25.3. The first-order chi connectivity index (χ1) is 54.8. The number of benzene rings is 7. The fourth-order valence-corrected chi connectivity index (χ4v) is 10.5. The second kappa shape index (κ2) is 52.8. The van der Waals surface area contributed by atoms with Crippen LogP contribution in [-0.2, 0) is 35.0 Å². The molecule has 0 unspecified atom stereocenters. The first-order valence-electron chi connectivity index (χ1n) is 33.6. The van der Waals surface area contributed by atoms with E-state index < -0.39 is 0 Å². The maximum Gasteiger partial charge on any atom is 0.330 e. The molecule has 1 fully saturated rings. The van der Waals surface area contributed by atoms with Crippen molar-refractivity contribution >= 4 is 214 Å². The van der Waals surface area contributed by atoms with Crippen molar-refractivity contribution in [3.63, 3.8) is 0 Å². The minimum atomic E-state index is -0.344. The van der Waals surface area contributed by atoms with E-state index >= 15 is 0 Å². The average Bonchev–Trinajstić information content (AvgIpc) is 1.69. The van der Waals surface area contributed by atoms with E-state index in [0.717, 1.165) is 119 Å². The highest BCUT2D eigenvalue weighted by Crippen LogP contribution is 2.32. The van der Waals surface area contributed by atoms with E-state index in [1.807, 2.05) is 192 Å². The van der Waals surface area contributed by atoms with Crippen LogP contribution in [-0.4, -0.2) is 141 Å². The van der Waals surface area contributed by atoms with Crippen LogP contribution in [0.5, 0.6) is 0 Å². The highest BCUT2D eigenvalue weighted by Gasteiger charge is 2.22. The summed E-state index contributed by atoms with van der Waals surface area (Å²) in [7, 11) is 1.37. The van der Waals surface area contributed by atoms with E-state index in [1.165, 1.54) is 30.8 Å². The molecule has 1 amide bonds. The van der Waals surface area contributed by atoms with Gasteiger partial charge in [-0.3, -0.25) is 9.59 Å². The van der Waals surface area contributed by atoms with Gasteiger partial charge in [-0.15, -0.1) is 0 Å². The van der Waals surface area contributed by atoms with Crippen molar-refractivity contribution in [1.82, 2.24) is 28.9 Å². The number of aliphatic imine (C=N–C) groups is 8. The van der Waals surface area contributed by atoms with Gasteiger partial charge in [0.15, 0.2) is 12.2 Å². The maximum absolute atomic E-state index is 11.3. The van der Waals surface area contributed by atoms with Gasteiger partial charge < -0.3 is 37.6 Å². The lowest BCUT2D eigenvalue weighted by Crippen LogP contribution is -2.36. The molecule has 2 aliphatic heterocycles. The Balaban J connectivity index is 0.000000200. The number of nitrogens with zero attached hydrogens (tertiary/aromatic N) is 16. The van der Waals surface area contributed by atoms with Crippen LogP contribution in [0.25, 0.3) is 34.5 Å². The number of morpholine rings is 1. The SMILES string of the molecule is CC(=O)N1CCc2ccc(N=C=S)cc21.CCOC(=O)/C=C/c1ccc(N=C=S)cc1.COC(=O)CCCN=C=S.S=C=Nc1ccc(-c2cnco2)cc1.S=C=Nc1ccc(-n2cccc2)cc1.S=C=Nc1ccc(-n2cccn2)cc1.S=C=Nc1ccc(-n2ccnc2)cc1.S=C=Nc1ccc(N2CCOCC2)cc1. The highest BCUT2D eigenvalue weighted by molar-refractivity contribution is 7.79. The Bertz CT molecular complexity index is 4790. The zero-order valence-corrected chi connectivity index (χ0v) is 67.1. The number of amides is 1.